The molecule has 1 saturated carbocycles. The average Bonchev–Trinajstić information content (AvgIpc) is 3.07. The number of aromatic amines is 1. The Morgan fingerprint density at radius 1 is 1.22 bits per heavy atom. The van der Waals surface area contributed by atoms with Gasteiger partial charge in [-0.05, 0) is 43.4 Å². The molecule has 1 fully saturated rings. The van der Waals surface area contributed by atoms with Gasteiger partial charge in [-0.3, -0.25) is 9.79 Å². The lowest BCUT2D eigenvalue weighted by Gasteiger charge is -2.23. The van der Waals surface area contributed by atoms with Gasteiger partial charge in [0, 0.05) is 36.7 Å². The largest absolute Gasteiger partial charge is 0.361 e. The van der Waals surface area contributed by atoms with Crippen molar-refractivity contribution in [2.24, 2.45) is 4.99 Å². The number of aliphatic imine (C=N–C) groups is 1. The van der Waals surface area contributed by atoms with Crippen LogP contribution in [0.5, 0.6) is 0 Å². The van der Waals surface area contributed by atoms with Crippen molar-refractivity contribution in [3.63, 3.8) is 0 Å². The van der Waals surface area contributed by atoms with E-state index >= 15 is 0 Å². The van der Waals surface area contributed by atoms with Gasteiger partial charge in [0.1, 0.15) is 0 Å². The first-order valence-electron chi connectivity index (χ1n) is 9.96. The molecule has 6 nitrogen and oxygen atoms in total. The number of aromatic nitrogens is 1. The number of hydrogen-bond acceptors (Lipinski definition) is 2. The van der Waals surface area contributed by atoms with E-state index in [-0.39, 0.29) is 12.5 Å². The summed E-state index contributed by atoms with van der Waals surface area (Å²) >= 11 is 0. The van der Waals surface area contributed by atoms with E-state index in [4.69, 9.17) is 0 Å². The number of benzene rings is 1. The highest BCUT2D eigenvalue weighted by Crippen LogP contribution is 2.19. The molecular weight excluding hydrogens is 338 g/mol. The molecule has 27 heavy (non-hydrogen) atoms. The molecule has 0 unspecified atom stereocenters. The highest BCUT2D eigenvalue weighted by Gasteiger charge is 2.15. The van der Waals surface area contributed by atoms with E-state index in [1.807, 2.05) is 0 Å². The third-order valence-electron chi connectivity index (χ3n) is 5.22. The van der Waals surface area contributed by atoms with Crippen molar-refractivity contribution in [1.29, 1.82) is 0 Å². The Labute approximate surface area is 161 Å². The van der Waals surface area contributed by atoms with Crippen LogP contribution in [0.4, 0.5) is 0 Å². The molecule has 1 heterocycles. The predicted molar refractivity (Wildman–Crippen MR) is 111 cm³/mol. The number of nitrogens with zero attached hydrogens (tertiary/aromatic N) is 1. The molecule has 1 aromatic carbocycles. The van der Waals surface area contributed by atoms with Crippen molar-refractivity contribution < 1.29 is 4.79 Å². The molecule has 0 bridgehead atoms. The number of rotatable bonds is 6. The van der Waals surface area contributed by atoms with Crippen LogP contribution in [0.3, 0.4) is 0 Å². The summed E-state index contributed by atoms with van der Waals surface area (Å²) < 4.78 is 0. The number of aryl methyl sites for hydroxylation is 1. The Bertz CT molecular complexity index is 789. The molecule has 0 saturated heterocycles. The summed E-state index contributed by atoms with van der Waals surface area (Å²) in [6.45, 7) is 3.11. The van der Waals surface area contributed by atoms with Gasteiger partial charge >= 0.3 is 0 Å². The van der Waals surface area contributed by atoms with Gasteiger partial charge in [0.05, 0.1) is 6.54 Å². The summed E-state index contributed by atoms with van der Waals surface area (Å²) in [6.07, 6.45) is 8.88. The molecule has 0 aliphatic heterocycles. The smallest absolute Gasteiger partial charge is 0.239 e. The predicted octanol–water partition coefficient (Wildman–Crippen LogP) is 2.63. The van der Waals surface area contributed by atoms with Crippen LogP contribution in [-0.2, 0) is 11.2 Å². The van der Waals surface area contributed by atoms with Crippen LogP contribution in [0.1, 0.15) is 43.2 Å². The second kappa shape index (κ2) is 9.44. The number of H-pyrrole nitrogens is 1. The third-order valence-corrected chi connectivity index (χ3v) is 5.22. The molecule has 3 rings (SSSR count). The van der Waals surface area contributed by atoms with E-state index in [0.717, 1.165) is 25.8 Å². The Balaban J connectivity index is 1.41. The summed E-state index contributed by atoms with van der Waals surface area (Å²) in [5.74, 6) is 0.696. The molecule has 0 atom stereocenters. The SMILES string of the molecule is CN=C(NCCc1c[nH]c2cc(C)ccc12)NCC(=O)NC1CCCCC1. The maximum atomic E-state index is 12.1. The zero-order valence-electron chi connectivity index (χ0n) is 16.4. The second-order valence-corrected chi connectivity index (χ2v) is 7.37. The van der Waals surface area contributed by atoms with Crippen molar-refractivity contribution >= 4 is 22.8 Å². The van der Waals surface area contributed by atoms with Crippen molar-refractivity contribution in [3.05, 3.63) is 35.5 Å². The lowest BCUT2D eigenvalue weighted by atomic mass is 9.95. The van der Waals surface area contributed by atoms with Gasteiger partial charge < -0.3 is 20.9 Å². The highest BCUT2D eigenvalue weighted by molar-refractivity contribution is 5.87. The first-order chi connectivity index (χ1) is 13.2. The van der Waals surface area contributed by atoms with Crippen molar-refractivity contribution in [3.8, 4) is 0 Å². The summed E-state index contributed by atoms with van der Waals surface area (Å²) in [4.78, 5) is 19.6. The quantitative estimate of drug-likeness (QED) is 0.467. The lowest BCUT2D eigenvalue weighted by Crippen LogP contribution is -2.46. The van der Waals surface area contributed by atoms with Gasteiger partial charge in [-0.25, -0.2) is 0 Å². The van der Waals surface area contributed by atoms with Gasteiger partial charge in [-0.2, -0.15) is 0 Å². The minimum atomic E-state index is 0.0387. The molecule has 1 aliphatic rings. The van der Waals surface area contributed by atoms with Crippen LogP contribution in [0.2, 0.25) is 0 Å². The normalized spacial score (nSPS) is 15.7. The molecular formula is C21H31N5O. The molecule has 1 amide bonds. The van der Waals surface area contributed by atoms with Gasteiger partial charge in [0.25, 0.3) is 0 Å². The van der Waals surface area contributed by atoms with Gasteiger partial charge in [0.2, 0.25) is 5.91 Å². The first-order valence-corrected chi connectivity index (χ1v) is 9.96. The van der Waals surface area contributed by atoms with E-state index in [1.165, 1.54) is 41.3 Å². The topological polar surface area (TPSA) is 81.3 Å². The maximum absolute atomic E-state index is 12.1. The minimum absolute atomic E-state index is 0.0387. The van der Waals surface area contributed by atoms with Crippen LogP contribution in [0.15, 0.2) is 29.4 Å². The van der Waals surface area contributed by atoms with Crippen molar-refractivity contribution in [1.82, 2.24) is 20.9 Å². The molecule has 1 aromatic heterocycles. The van der Waals surface area contributed by atoms with Gasteiger partial charge in [-0.15, -0.1) is 0 Å². The van der Waals surface area contributed by atoms with E-state index < -0.39 is 0 Å². The van der Waals surface area contributed by atoms with Crippen molar-refractivity contribution in [2.45, 2.75) is 51.5 Å². The first kappa shape index (κ1) is 19.3. The fourth-order valence-electron chi connectivity index (χ4n) is 3.73. The summed E-state index contributed by atoms with van der Waals surface area (Å²) in [5.41, 5.74) is 3.71. The zero-order valence-corrected chi connectivity index (χ0v) is 16.4. The molecule has 4 N–H and O–H groups in total. The second-order valence-electron chi connectivity index (χ2n) is 7.37. The molecule has 6 heteroatoms. The summed E-state index contributed by atoms with van der Waals surface area (Å²) in [5, 5.41) is 10.8. The number of hydrogen-bond donors (Lipinski definition) is 4. The highest BCUT2D eigenvalue weighted by atomic mass is 16.2. The van der Waals surface area contributed by atoms with E-state index in [0.29, 0.717) is 12.0 Å². The van der Waals surface area contributed by atoms with Crippen LogP contribution >= 0.6 is 0 Å². The van der Waals surface area contributed by atoms with E-state index in [1.54, 1.807) is 7.05 Å². The maximum Gasteiger partial charge on any atom is 0.239 e. The Kier molecular flexibility index (Phi) is 6.74. The van der Waals surface area contributed by atoms with Crippen LogP contribution in [0.25, 0.3) is 10.9 Å². The molecule has 2 aromatic rings. The standard InChI is InChI=1S/C21H31N5O/c1-15-8-9-18-16(13-24-19(18)12-15)10-11-23-21(22-2)25-14-20(27)26-17-6-4-3-5-7-17/h8-9,12-13,17,24H,3-7,10-11,14H2,1-2H3,(H,26,27)(H2,22,23,25). The van der Waals surface area contributed by atoms with Crippen LogP contribution in [0, 0.1) is 6.92 Å². The van der Waals surface area contributed by atoms with E-state index in [9.17, 15) is 4.79 Å². The number of nitrogens with one attached hydrogen (secondary N) is 4. The molecule has 0 radical (unpaired) electrons. The zero-order chi connectivity index (χ0) is 19.1. The van der Waals surface area contributed by atoms with Gasteiger partial charge in [0.15, 0.2) is 5.96 Å². The molecule has 0 spiro atoms. The summed E-state index contributed by atoms with van der Waals surface area (Å²) in [7, 11) is 1.73. The monoisotopic (exact) mass is 369 g/mol. The number of amides is 1. The average molecular weight is 370 g/mol. The third kappa shape index (κ3) is 5.49. The number of guanidine groups is 1. The van der Waals surface area contributed by atoms with Crippen LogP contribution < -0.4 is 16.0 Å². The fraction of sp³-hybridized carbons (Fsp3) is 0.524. The fourth-order valence-corrected chi connectivity index (χ4v) is 3.73. The number of fused-ring (bicyclic) bond motifs is 1. The molecule has 1 aliphatic carbocycles. The Hall–Kier alpha value is -2.50. The number of carbonyl (C=O) groups excluding carboxylic acids is 1. The lowest BCUT2D eigenvalue weighted by molar-refractivity contribution is -0.120. The van der Waals surface area contributed by atoms with Crippen LogP contribution in [-0.4, -0.2) is 43.0 Å². The number of carbonyl (C=O) groups is 1. The van der Waals surface area contributed by atoms with Gasteiger partial charge in [-0.1, -0.05) is 31.4 Å². The van der Waals surface area contributed by atoms with E-state index in [2.05, 4.69) is 57.2 Å². The van der Waals surface area contributed by atoms with Crippen molar-refractivity contribution in [2.75, 3.05) is 20.1 Å². The minimum Gasteiger partial charge on any atom is -0.361 e. The Morgan fingerprint density at radius 2 is 2.04 bits per heavy atom. The molecule has 146 valence electrons. The summed E-state index contributed by atoms with van der Waals surface area (Å²) in [6, 6.07) is 6.81. The Morgan fingerprint density at radius 3 is 2.81 bits per heavy atom.